The second-order valence-electron chi connectivity index (χ2n) is 7.71. The van der Waals surface area contributed by atoms with Crippen LogP contribution in [0, 0.1) is 5.92 Å². The van der Waals surface area contributed by atoms with Crippen molar-refractivity contribution in [3.63, 3.8) is 0 Å². The molecule has 6 nitrogen and oxygen atoms in total. The number of carbonyl (C=O) groups excluding carboxylic acids is 2. The van der Waals surface area contributed by atoms with E-state index < -0.39 is 5.60 Å². The molecule has 0 aliphatic carbocycles. The molecule has 0 radical (unpaired) electrons. The van der Waals surface area contributed by atoms with E-state index in [-0.39, 0.29) is 24.5 Å². The van der Waals surface area contributed by atoms with Crippen molar-refractivity contribution in [2.24, 2.45) is 5.92 Å². The molecule has 1 saturated heterocycles. The first-order chi connectivity index (χ1) is 12.3. The van der Waals surface area contributed by atoms with Gasteiger partial charge in [-0.15, -0.1) is 0 Å². The molecule has 1 aromatic rings. The third kappa shape index (κ3) is 6.02. The number of nitrogens with zero attached hydrogens (tertiary/aromatic N) is 2. The number of carbonyl (C=O) groups is 2. The summed E-state index contributed by atoms with van der Waals surface area (Å²) in [6.07, 6.45) is 1.60. The lowest BCUT2D eigenvalue weighted by Gasteiger charge is -2.36. The Bertz CT molecular complexity index is 598. The Morgan fingerprint density at radius 3 is 2.54 bits per heavy atom. The second kappa shape index (κ2) is 9.03. The minimum atomic E-state index is -0.505. The van der Waals surface area contributed by atoms with Gasteiger partial charge in [0.1, 0.15) is 12.2 Å². The van der Waals surface area contributed by atoms with Crippen LogP contribution in [0.2, 0.25) is 0 Å². The number of likely N-dealkylation sites (tertiary alicyclic amines) is 1. The summed E-state index contributed by atoms with van der Waals surface area (Å²) in [7, 11) is 1.52. The monoisotopic (exact) mass is 362 g/mol. The van der Waals surface area contributed by atoms with Gasteiger partial charge in [-0.1, -0.05) is 18.2 Å². The summed E-state index contributed by atoms with van der Waals surface area (Å²) in [4.78, 5) is 28.4. The fraction of sp³-hybridized carbons (Fsp3) is 0.600. The first-order valence-corrected chi connectivity index (χ1v) is 9.12. The van der Waals surface area contributed by atoms with Gasteiger partial charge in [-0.05, 0) is 51.7 Å². The summed E-state index contributed by atoms with van der Waals surface area (Å²) in [5.74, 6) is 0.130. The fourth-order valence-corrected chi connectivity index (χ4v) is 3.13. The number of ether oxygens (including phenoxy) is 2. The largest absolute Gasteiger partial charge is 0.444 e. The second-order valence-corrected chi connectivity index (χ2v) is 7.71. The molecule has 0 saturated carbocycles. The Balaban J connectivity index is 2.05. The van der Waals surface area contributed by atoms with Crippen molar-refractivity contribution in [1.29, 1.82) is 0 Å². The molecule has 144 valence electrons. The van der Waals surface area contributed by atoms with Crippen LogP contribution in [0.15, 0.2) is 30.3 Å². The Morgan fingerprint density at radius 1 is 1.23 bits per heavy atom. The standard InChI is InChI=1S/C20H30N2O4/c1-20(2,3)26-19(24)21-12-8-9-16(13-21)14-22(18(23)15-25-4)17-10-6-5-7-11-17/h5-7,10-11,16H,8-9,12-15H2,1-4H3/t16-/m0/s1. The van der Waals surface area contributed by atoms with Crippen molar-refractivity contribution >= 4 is 17.7 Å². The van der Waals surface area contributed by atoms with Gasteiger partial charge in [0.2, 0.25) is 0 Å². The van der Waals surface area contributed by atoms with Crippen molar-refractivity contribution < 1.29 is 19.1 Å². The van der Waals surface area contributed by atoms with Crippen LogP contribution in [0.25, 0.3) is 0 Å². The molecule has 2 amide bonds. The quantitative estimate of drug-likeness (QED) is 0.806. The van der Waals surface area contributed by atoms with Crippen LogP contribution in [0.1, 0.15) is 33.6 Å². The minimum Gasteiger partial charge on any atom is -0.444 e. The molecule has 1 aliphatic rings. The van der Waals surface area contributed by atoms with Crippen LogP contribution >= 0.6 is 0 Å². The Morgan fingerprint density at radius 2 is 1.92 bits per heavy atom. The summed E-state index contributed by atoms with van der Waals surface area (Å²) in [6.45, 7) is 7.50. The van der Waals surface area contributed by atoms with Crippen molar-refractivity contribution in [2.75, 3.05) is 38.3 Å². The lowest BCUT2D eigenvalue weighted by atomic mass is 9.97. The van der Waals surface area contributed by atoms with Gasteiger partial charge in [0.05, 0.1) is 0 Å². The number of rotatable bonds is 5. The number of para-hydroxylation sites is 1. The minimum absolute atomic E-state index is 0.0391. The number of methoxy groups -OCH3 is 1. The lowest BCUT2D eigenvalue weighted by molar-refractivity contribution is -0.122. The van der Waals surface area contributed by atoms with Crippen LogP contribution in [0.4, 0.5) is 10.5 Å². The van der Waals surface area contributed by atoms with Gasteiger partial charge in [0.25, 0.3) is 5.91 Å². The maximum Gasteiger partial charge on any atom is 0.410 e. The van der Waals surface area contributed by atoms with E-state index in [1.54, 1.807) is 9.80 Å². The summed E-state index contributed by atoms with van der Waals surface area (Å²) in [6, 6.07) is 9.59. The van der Waals surface area contributed by atoms with E-state index in [9.17, 15) is 9.59 Å². The maximum atomic E-state index is 12.5. The summed E-state index contributed by atoms with van der Waals surface area (Å²) >= 11 is 0. The van der Waals surface area contributed by atoms with Crippen molar-refractivity contribution in [3.8, 4) is 0 Å². The molecule has 0 unspecified atom stereocenters. The molecular weight excluding hydrogens is 332 g/mol. The lowest BCUT2D eigenvalue weighted by Crippen LogP contribution is -2.47. The van der Waals surface area contributed by atoms with Gasteiger partial charge in [-0.25, -0.2) is 4.79 Å². The zero-order valence-corrected chi connectivity index (χ0v) is 16.2. The Labute approximate surface area is 156 Å². The van der Waals surface area contributed by atoms with E-state index in [0.717, 1.165) is 18.5 Å². The van der Waals surface area contributed by atoms with Crippen molar-refractivity contribution in [1.82, 2.24) is 4.90 Å². The predicted octanol–water partition coefficient (Wildman–Crippen LogP) is 3.31. The number of benzene rings is 1. The third-order valence-electron chi connectivity index (χ3n) is 4.25. The van der Waals surface area contributed by atoms with E-state index in [0.29, 0.717) is 19.6 Å². The fourth-order valence-electron chi connectivity index (χ4n) is 3.13. The predicted molar refractivity (Wildman–Crippen MR) is 101 cm³/mol. The molecule has 26 heavy (non-hydrogen) atoms. The molecule has 0 aromatic heterocycles. The number of hydrogen-bond donors (Lipinski definition) is 0. The normalized spacial score (nSPS) is 17.7. The Hall–Kier alpha value is -2.08. The van der Waals surface area contributed by atoms with Crippen molar-refractivity contribution in [2.45, 2.75) is 39.2 Å². The van der Waals surface area contributed by atoms with E-state index in [1.807, 2.05) is 51.1 Å². The number of amides is 2. The Kier molecular flexibility index (Phi) is 7.03. The SMILES string of the molecule is COCC(=O)N(C[C@H]1CCCN(C(=O)OC(C)(C)C)C1)c1ccccc1. The number of piperidine rings is 1. The molecule has 1 fully saturated rings. The summed E-state index contributed by atoms with van der Waals surface area (Å²) < 4.78 is 10.5. The van der Waals surface area contributed by atoms with Gasteiger partial charge in [0, 0.05) is 32.4 Å². The van der Waals surface area contributed by atoms with E-state index >= 15 is 0 Å². The molecule has 1 aliphatic heterocycles. The molecule has 1 aromatic carbocycles. The summed E-state index contributed by atoms with van der Waals surface area (Å²) in [5, 5.41) is 0. The average molecular weight is 362 g/mol. The van der Waals surface area contributed by atoms with E-state index in [1.165, 1.54) is 7.11 Å². The van der Waals surface area contributed by atoms with Crippen LogP contribution in [0.5, 0.6) is 0 Å². The van der Waals surface area contributed by atoms with E-state index in [4.69, 9.17) is 9.47 Å². The van der Waals surface area contributed by atoms with Gasteiger partial charge >= 0.3 is 6.09 Å². The molecule has 1 atom stereocenters. The molecule has 0 spiro atoms. The highest BCUT2D eigenvalue weighted by Crippen LogP contribution is 2.23. The van der Waals surface area contributed by atoms with Crippen LogP contribution < -0.4 is 4.90 Å². The van der Waals surface area contributed by atoms with Gasteiger partial charge < -0.3 is 19.3 Å². The third-order valence-corrected chi connectivity index (χ3v) is 4.25. The molecular formula is C20H30N2O4. The highest BCUT2D eigenvalue weighted by molar-refractivity contribution is 5.94. The first-order valence-electron chi connectivity index (χ1n) is 9.12. The topological polar surface area (TPSA) is 59.1 Å². The molecule has 6 heteroatoms. The molecule has 1 heterocycles. The number of anilines is 1. The van der Waals surface area contributed by atoms with Gasteiger partial charge in [-0.2, -0.15) is 0 Å². The first kappa shape index (κ1) is 20.2. The zero-order chi connectivity index (χ0) is 19.2. The molecule has 0 bridgehead atoms. The van der Waals surface area contributed by atoms with Crippen LogP contribution in [0.3, 0.4) is 0 Å². The highest BCUT2D eigenvalue weighted by Gasteiger charge is 2.29. The smallest absolute Gasteiger partial charge is 0.410 e. The molecule has 2 rings (SSSR count). The maximum absolute atomic E-state index is 12.5. The zero-order valence-electron chi connectivity index (χ0n) is 16.2. The molecule has 0 N–H and O–H groups in total. The van der Waals surface area contributed by atoms with Gasteiger partial charge in [-0.3, -0.25) is 4.79 Å². The van der Waals surface area contributed by atoms with Crippen LogP contribution in [-0.4, -0.2) is 55.9 Å². The number of hydrogen-bond acceptors (Lipinski definition) is 4. The van der Waals surface area contributed by atoms with Crippen molar-refractivity contribution in [3.05, 3.63) is 30.3 Å². The van der Waals surface area contributed by atoms with E-state index in [2.05, 4.69) is 0 Å². The summed E-state index contributed by atoms with van der Waals surface area (Å²) in [5.41, 5.74) is 0.345. The van der Waals surface area contributed by atoms with Gasteiger partial charge in [0.15, 0.2) is 0 Å². The van der Waals surface area contributed by atoms with Crippen LogP contribution in [-0.2, 0) is 14.3 Å². The average Bonchev–Trinajstić information content (AvgIpc) is 2.59. The highest BCUT2D eigenvalue weighted by atomic mass is 16.6.